The van der Waals surface area contributed by atoms with Crippen LogP contribution in [-0.2, 0) is 6.61 Å². The molecule has 3 amide bonds. The molecule has 4 aromatic rings. The number of amides is 3. The van der Waals surface area contributed by atoms with Crippen LogP contribution in [0.4, 0.5) is 11.4 Å². The lowest BCUT2D eigenvalue weighted by Crippen LogP contribution is -2.29. The number of carbonyl (C=O) groups excluding carboxylic acids is 3. The first-order valence-corrected chi connectivity index (χ1v) is 11.3. The number of fused-ring (bicyclic) bond motifs is 1. The monoisotopic (exact) mass is 492 g/mol. The number of ether oxygens (including phenoxy) is 1. The molecule has 0 saturated heterocycles. The van der Waals surface area contributed by atoms with Crippen molar-refractivity contribution < 1.29 is 29.0 Å². The van der Waals surface area contributed by atoms with Crippen molar-refractivity contribution in [1.29, 1.82) is 0 Å². The Bertz CT molecular complexity index is 1530. The number of anilines is 2. The molecule has 0 spiro atoms. The number of imide groups is 1. The third-order valence-electron chi connectivity index (χ3n) is 5.86. The summed E-state index contributed by atoms with van der Waals surface area (Å²) in [4.78, 5) is 50.9. The summed E-state index contributed by atoms with van der Waals surface area (Å²) in [6, 6.07) is 26.6. The summed E-state index contributed by atoms with van der Waals surface area (Å²) in [5.41, 5.74) is 2.06. The number of carboxylic acids is 1. The lowest BCUT2D eigenvalue weighted by molar-refractivity contribution is 0.0696. The normalized spacial score (nSPS) is 12.3. The van der Waals surface area contributed by atoms with Crippen LogP contribution < -0.4 is 15.0 Å². The van der Waals surface area contributed by atoms with Crippen LogP contribution in [0.5, 0.6) is 5.75 Å². The molecule has 0 aromatic heterocycles. The summed E-state index contributed by atoms with van der Waals surface area (Å²) in [6.45, 7) is 0.425. The van der Waals surface area contributed by atoms with Crippen LogP contribution >= 0.6 is 0 Å². The molecule has 4 aromatic carbocycles. The van der Waals surface area contributed by atoms with Crippen molar-refractivity contribution in [3.8, 4) is 5.75 Å². The van der Waals surface area contributed by atoms with Gasteiger partial charge in [0, 0.05) is 11.3 Å². The van der Waals surface area contributed by atoms with E-state index in [2.05, 4.69) is 5.32 Å². The number of carbonyl (C=O) groups is 4. The summed E-state index contributed by atoms with van der Waals surface area (Å²) in [5.74, 6) is -2.20. The first-order chi connectivity index (χ1) is 17.9. The van der Waals surface area contributed by atoms with Crippen molar-refractivity contribution in [3.05, 3.63) is 125 Å². The SMILES string of the molecule is O=C(O)c1ccc2c(c1)C(=O)N(c1cccc(C(=O)Nc3ccc(OCc4ccccc4)cc3)c1)C2=O. The van der Waals surface area contributed by atoms with Gasteiger partial charge < -0.3 is 15.2 Å². The predicted molar refractivity (Wildman–Crippen MR) is 136 cm³/mol. The minimum atomic E-state index is -1.20. The first-order valence-electron chi connectivity index (χ1n) is 11.3. The maximum Gasteiger partial charge on any atom is 0.335 e. The maximum atomic E-state index is 12.9. The van der Waals surface area contributed by atoms with E-state index in [0.717, 1.165) is 10.5 Å². The molecule has 0 saturated carbocycles. The molecular weight excluding hydrogens is 472 g/mol. The molecule has 0 unspecified atom stereocenters. The van der Waals surface area contributed by atoms with Crippen molar-refractivity contribution in [2.45, 2.75) is 6.61 Å². The molecule has 0 aliphatic carbocycles. The zero-order chi connectivity index (χ0) is 25.9. The number of nitrogens with zero attached hydrogens (tertiary/aromatic N) is 1. The molecule has 0 bridgehead atoms. The average molecular weight is 492 g/mol. The van der Waals surface area contributed by atoms with Crippen molar-refractivity contribution in [1.82, 2.24) is 0 Å². The van der Waals surface area contributed by atoms with E-state index in [1.165, 1.54) is 30.3 Å². The van der Waals surface area contributed by atoms with Crippen LogP contribution in [0.25, 0.3) is 0 Å². The van der Waals surface area contributed by atoms with Crippen LogP contribution in [0.2, 0.25) is 0 Å². The Morgan fingerprint density at radius 3 is 2.22 bits per heavy atom. The van der Waals surface area contributed by atoms with E-state index in [1.807, 2.05) is 30.3 Å². The molecule has 1 heterocycles. The number of carboxylic acid groups (broad SMARTS) is 1. The van der Waals surface area contributed by atoms with E-state index >= 15 is 0 Å². The molecular formula is C29H20N2O6. The van der Waals surface area contributed by atoms with Crippen molar-refractivity contribution in [3.63, 3.8) is 0 Å². The fraction of sp³-hybridized carbons (Fsp3) is 0.0345. The molecule has 0 fully saturated rings. The van der Waals surface area contributed by atoms with Gasteiger partial charge in [-0.05, 0) is 66.2 Å². The quantitative estimate of drug-likeness (QED) is 0.351. The highest BCUT2D eigenvalue weighted by Crippen LogP contribution is 2.30. The van der Waals surface area contributed by atoms with Crippen LogP contribution in [0.15, 0.2) is 97.1 Å². The maximum absolute atomic E-state index is 12.9. The highest BCUT2D eigenvalue weighted by atomic mass is 16.5. The lowest BCUT2D eigenvalue weighted by atomic mass is 10.1. The average Bonchev–Trinajstić information content (AvgIpc) is 3.18. The van der Waals surface area contributed by atoms with E-state index in [1.54, 1.807) is 36.4 Å². The number of hydrogen-bond acceptors (Lipinski definition) is 5. The third kappa shape index (κ3) is 4.81. The topological polar surface area (TPSA) is 113 Å². The molecule has 37 heavy (non-hydrogen) atoms. The van der Waals surface area contributed by atoms with Crippen LogP contribution in [0, 0.1) is 0 Å². The van der Waals surface area contributed by atoms with Gasteiger partial charge in [-0.2, -0.15) is 0 Å². The minimum absolute atomic E-state index is 0.00864. The van der Waals surface area contributed by atoms with Gasteiger partial charge in [-0.25, -0.2) is 9.69 Å². The summed E-state index contributed by atoms with van der Waals surface area (Å²) in [7, 11) is 0. The van der Waals surface area contributed by atoms with Gasteiger partial charge >= 0.3 is 5.97 Å². The molecule has 1 aliphatic heterocycles. The number of nitrogens with one attached hydrogen (secondary N) is 1. The van der Waals surface area contributed by atoms with Gasteiger partial charge in [0.2, 0.25) is 0 Å². The van der Waals surface area contributed by atoms with Crippen LogP contribution in [-0.4, -0.2) is 28.8 Å². The largest absolute Gasteiger partial charge is 0.489 e. The van der Waals surface area contributed by atoms with Gasteiger partial charge in [-0.1, -0.05) is 36.4 Å². The highest BCUT2D eigenvalue weighted by molar-refractivity contribution is 6.34. The van der Waals surface area contributed by atoms with Gasteiger partial charge in [-0.15, -0.1) is 0 Å². The van der Waals surface area contributed by atoms with Crippen molar-refractivity contribution in [2.75, 3.05) is 10.2 Å². The summed E-state index contributed by atoms with van der Waals surface area (Å²) >= 11 is 0. The first kappa shape index (κ1) is 23.5. The van der Waals surface area contributed by atoms with Gasteiger partial charge in [0.1, 0.15) is 12.4 Å². The Hall–Kier alpha value is -5.24. The standard InChI is InChI=1S/C29H20N2O6/c32-26(30-21-10-12-23(13-11-21)37-17-18-5-2-1-3-6-18)19-7-4-8-22(15-19)31-27(33)24-14-9-20(29(35)36)16-25(24)28(31)34/h1-16H,17H2,(H,30,32)(H,35,36). The second kappa shape index (κ2) is 9.79. The summed E-state index contributed by atoms with van der Waals surface area (Å²) < 4.78 is 5.76. The second-order valence-electron chi connectivity index (χ2n) is 8.31. The second-order valence-corrected chi connectivity index (χ2v) is 8.31. The molecule has 2 N–H and O–H groups in total. The highest BCUT2D eigenvalue weighted by Gasteiger charge is 2.37. The number of benzene rings is 4. The molecule has 8 nitrogen and oxygen atoms in total. The van der Waals surface area contributed by atoms with Crippen LogP contribution in [0.1, 0.15) is 47.0 Å². The lowest BCUT2D eigenvalue weighted by Gasteiger charge is -2.15. The van der Waals surface area contributed by atoms with Gasteiger partial charge in [-0.3, -0.25) is 14.4 Å². The number of hydrogen-bond donors (Lipinski definition) is 2. The Labute approximate surface area is 211 Å². The molecule has 1 aliphatic rings. The van der Waals surface area contributed by atoms with E-state index in [0.29, 0.717) is 18.0 Å². The Kier molecular flexibility index (Phi) is 6.22. The Balaban J connectivity index is 1.28. The zero-order valence-corrected chi connectivity index (χ0v) is 19.4. The number of rotatable bonds is 7. The van der Waals surface area contributed by atoms with E-state index in [9.17, 15) is 24.3 Å². The fourth-order valence-corrected chi connectivity index (χ4v) is 3.97. The number of aromatic carboxylic acids is 1. The molecule has 0 radical (unpaired) electrons. The van der Waals surface area contributed by atoms with Crippen molar-refractivity contribution in [2.24, 2.45) is 0 Å². The van der Waals surface area contributed by atoms with Crippen LogP contribution in [0.3, 0.4) is 0 Å². The van der Waals surface area contributed by atoms with E-state index in [4.69, 9.17) is 4.74 Å². The van der Waals surface area contributed by atoms with Gasteiger partial charge in [0.25, 0.3) is 17.7 Å². The van der Waals surface area contributed by atoms with Gasteiger partial charge in [0.05, 0.1) is 22.4 Å². The minimum Gasteiger partial charge on any atom is -0.489 e. The Morgan fingerprint density at radius 2 is 1.49 bits per heavy atom. The Morgan fingerprint density at radius 1 is 0.757 bits per heavy atom. The summed E-state index contributed by atoms with van der Waals surface area (Å²) in [5, 5.41) is 12.0. The van der Waals surface area contributed by atoms with Crippen molar-refractivity contribution >= 4 is 35.1 Å². The zero-order valence-electron chi connectivity index (χ0n) is 19.4. The smallest absolute Gasteiger partial charge is 0.335 e. The predicted octanol–water partition coefficient (Wildman–Crippen LogP) is 5.02. The summed E-state index contributed by atoms with van der Waals surface area (Å²) in [6.07, 6.45) is 0. The van der Waals surface area contributed by atoms with E-state index in [-0.39, 0.29) is 27.9 Å². The molecule has 5 rings (SSSR count). The molecule has 182 valence electrons. The molecule has 0 atom stereocenters. The molecule has 8 heteroatoms. The van der Waals surface area contributed by atoms with E-state index < -0.39 is 23.7 Å². The van der Waals surface area contributed by atoms with Gasteiger partial charge in [0.15, 0.2) is 0 Å². The third-order valence-corrected chi connectivity index (χ3v) is 5.86. The fourth-order valence-electron chi connectivity index (χ4n) is 3.97.